The first-order chi connectivity index (χ1) is 16.9. The Balaban J connectivity index is 1.24. The summed E-state index contributed by atoms with van der Waals surface area (Å²) in [5.41, 5.74) is 4.33. The van der Waals surface area contributed by atoms with Crippen LogP contribution in [0.2, 0.25) is 5.02 Å². The quantitative estimate of drug-likeness (QED) is 0.457. The fraction of sp³-hybridized carbons (Fsp3) is 0.345. The lowest BCUT2D eigenvalue weighted by Crippen LogP contribution is -2.54. The van der Waals surface area contributed by atoms with E-state index in [9.17, 15) is 10.2 Å². The molecule has 0 saturated carbocycles. The smallest absolute Gasteiger partial charge is 0.113 e. The molecule has 5 rings (SSSR count). The molecule has 180 valence electrons. The van der Waals surface area contributed by atoms with Gasteiger partial charge in [0.05, 0.1) is 11.7 Å². The van der Waals surface area contributed by atoms with Crippen LogP contribution in [0.4, 0.5) is 0 Å². The summed E-state index contributed by atoms with van der Waals surface area (Å²) in [6.07, 6.45) is 6.51. The van der Waals surface area contributed by atoms with Crippen molar-refractivity contribution in [3.63, 3.8) is 0 Å². The highest BCUT2D eigenvalue weighted by atomic mass is 35.5. The van der Waals surface area contributed by atoms with Gasteiger partial charge in [-0.25, -0.2) is 4.98 Å². The molecule has 0 spiro atoms. The molecule has 2 aromatic heterocycles. The van der Waals surface area contributed by atoms with Crippen LogP contribution < -0.4 is 0 Å². The molecule has 3 aromatic rings. The van der Waals surface area contributed by atoms with Gasteiger partial charge in [0.15, 0.2) is 0 Å². The molecule has 0 amide bonds. The van der Waals surface area contributed by atoms with Crippen LogP contribution in [0.5, 0.6) is 0 Å². The van der Waals surface area contributed by atoms with Gasteiger partial charge in [-0.1, -0.05) is 42.6 Å². The van der Waals surface area contributed by atoms with Crippen LogP contribution in [0.1, 0.15) is 47.2 Å². The van der Waals surface area contributed by atoms with Gasteiger partial charge in [0.1, 0.15) is 5.69 Å². The van der Waals surface area contributed by atoms with Crippen molar-refractivity contribution in [2.75, 3.05) is 13.1 Å². The first-order valence-electron chi connectivity index (χ1n) is 12.1. The van der Waals surface area contributed by atoms with Crippen molar-refractivity contribution in [2.45, 2.75) is 50.9 Å². The number of rotatable bonds is 4. The molecule has 1 saturated heterocycles. The molecule has 2 aliphatic rings. The number of hydrogen-bond acceptors (Lipinski definition) is 5. The number of benzene rings is 1. The number of allylic oxidation sites excluding steroid dienone is 1. The number of halogens is 1. The average Bonchev–Trinajstić information content (AvgIpc) is 3.27. The number of hydrogen-bond donors (Lipinski definition) is 2. The number of piperidine rings is 1. The summed E-state index contributed by atoms with van der Waals surface area (Å²) in [6.45, 7) is 4.07. The Hall–Kier alpha value is -2.46. The van der Waals surface area contributed by atoms with E-state index < -0.39 is 11.7 Å². The minimum Gasteiger partial charge on any atom is -0.389 e. The standard InChI is InChI=1S/C29H29ClN2O2S/c1-2-29(34)13-14-32(19-28(29)33)18-26-16-23-15-20(4-12-27(23)35-26)3-10-25-11-7-22(17-31-25)21-5-8-24(30)9-6-21/h5-9,11,15-17,28,33-34H,2,4,12-14,18-19H2,1H3/t28-,29+/m0/s1. The van der Waals surface area contributed by atoms with Gasteiger partial charge in [-0.3, -0.25) is 4.90 Å². The number of nitrogens with zero attached hydrogens (tertiary/aromatic N) is 2. The van der Waals surface area contributed by atoms with E-state index in [1.54, 1.807) is 0 Å². The molecule has 2 atom stereocenters. The monoisotopic (exact) mass is 504 g/mol. The van der Waals surface area contributed by atoms with Gasteiger partial charge in [-0.05, 0) is 73.1 Å². The number of thiophene rings is 1. The lowest BCUT2D eigenvalue weighted by molar-refractivity contribution is -0.121. The number of aromatic nitrogens is 1. The molecule has 0 radical (unpaired) electrons. The Morgan fingerprint density at radius 2 is 1.94 bits per heavy atom. The van der Waals surface area contributed by atoms with E-state index in [2.05, 4.69) is 33.9 Å². The van der Waals surface area contributed by atoms with E-state index in [1.165, 1.54) is 15.3 Å². The number of fused-ring (bicyclic) bond motifs is 1. The molecular weight excluding hydrogens is 476 g/mol. The van der Waals surface area contributed by atoms with Gasteiger partial charge in [0.25, 0.3) is 0 Å². The Kier molecular flexibility index (Phi) is 7.11. The second-order valence-corrected chi connectivity index (χ2v) is 11.1. The van der Waals surface area contributed by atoms with Crippen molar-refractivity contribution in [3.8, 4) is 23.0 Å². The van der Waals surface area contributed by atoms with Crippen LogP contribution in [0.25, 0.3) is 17.2 Å². The van der Waals surface area contributed by atoms with Crippen molar-refractivity contribution >= 4 is 29.0 Å². The average molecular weight is 505 g/mol. The predicted molar refractivity (Wildman–Crippen MR) is 143 cm³/mol. The molecule has 1 fully saturated rings. The zero-order valence-corrected chi connectivity index (χ0v) is 21.4. The molecule has 6 heteroatoms. The molecule has 0 bridgehead atoms. The first-order valence-corrected chi connectivity index (χ1v) is 13.3. The van der Waals surface area contributed by atoms with Crippen LogP contribution in [0, 0.1) is 11.8 Å². The van der Waals surface area contributed by atoms with Crippen molar-refractivity contribution < 1.29 is 10.2 Å². The van der Waals surface area contributed by atoms with E-state index in [-0.39, 0.29) is 0 Å². The highest BCUT2D eigenvalue weighted by Gasteiger charge is 2.39. The third-order valence-electron chi connectivity index (χ3n) is 7.04. The molecule has 1 aliphatic carbocycles. The number of aliphatic hydroxyl groups is 2. The fourth-order valence-corrected chi connectivity index (χ4v) is 6.04. The third kappa shape index (κ3) is 5.53. The molecular formula is C29H29ClN2O2S. The highest BCUT2D eigenvalue weighted by Crippen LogP contribution is 2.33. The Labute approximate surface area is 215 Å². The first kappa shape index (κ1) is 24.2. The van der Waals surface area contributed by atoms with Crippen molar-refractivity contribution in [3.05, 3.63) is 80.3 Å². The lowest BCUT2D eigenvalue weighted by atomic mass is 9.86. The van der Waals surface area contributed by atoms with Crippen LogP contribution in [-0.4, -0.2) is 44.9 Å². The number of aryl methyl sites for hydroxylation is 1. The molecule has 1 aromatic carbocycles. The summed E-state index contributed by atoms with van der Waals surface area (Å²) in [5, 5.41) is 21.6. The summed E-state index contributed by atoms with van der Waals surface area (Å²) < 4.78 is 0. The van der Waals surface area contributed by atoms with Crippen LogP contribution in [0.15, 0.2) is 54.2 Å². The number of aliphatic hydroxyl groups excluding tert-OH is 1. The van der Waals surface area contributed by atoms with Crippen LogP contribution >= 0.6 is 22.9 Å². The van der Waals surface area contributed by atoms with E-state index in [0.717, 1.165) is 53.3 Å². The molecule has 3 heterocycles. The maximum atomic E-state index is 10.5. The molecule has 0 unspecified atom stereocenters. The van der Waals surface area contributed by atoms with Gasteiger partial charge in [-0.2, -0.15) is 0 Å². The Morgan fingerprint density at radius 3 is 2.66 bits per heavy atom. The largest absolute Gasteiger partial charge is 0.389 e. The predicted octanol–water partition coefficient (Wildman–Crippen LogP) is 5.55. The minimum absolute atomic E-state index is 0.517. The Bertz CT molecular complexity index is 1290. The topological polar surface area (TPSA) is 56.6 Å². The maximum absolute atomic E-state index is 10.5. The van der Waals surface area contributed by atoms with Crippen LogP contribution in [0.3, 0.4) is 0 Å². The van der Waals surface area contributed by atoms with Gasteiger partial charge >= 0.3 is 0 Å². The number of pyridine rings is 1. The number of β-amino-alcohol motifs (C(OH)–C–C–N with tert-alkyl or cyclic N) is 1. The van der Waals surface area contributed by atoms with Gasteiger partial charge in [0.2, 0.25) is 0 Å². The lowest BCUT2D eigenvalue weighted by Gasteiger charge is -2.41. The zero-order valence-electron chi connectivity index (χ0n) is 19.8. The second-order valence-electron chi connectivity index (χ2n) is 9.41. The van der Waals surface area contributed by atoms with Gasteiger partial charge in [0, 0.05) is 51.7 Å². The summed E-state index contributed by atoms with van der Waals surface area (Å²) in [7, 11) is 0. The molecule has 35 heavy (non-hydrogen) atoms. The second kappa shape index (κ2) is 10.3. The van der Waals surface area contributed by atoms with Crippen LogP contribution in [-0.2, 0) is 13.0 Å². The van der Waals surface area contributed by atoms with Crippen molar-refractivity contribution in [2.24, 2.45) is 0 Å². The molecule has 2 N–H and O–H groups in total. The number of likely N-dealkylation sites (tertiary alicyclic amines) is 1. The summed E-state index contributed by atoms with van der Waals surface area (Å²) >= 11 is 7.83. The summed E-state index contributed by atoms with van der Waals surface area (Å²) in [6, 6.07) is 14.0. The van der Waals surface area contributed by atoms with E-state index in [0.29, 0.717) is 19.4 Å². The normalized spacial score (nSPS) is 22.2. The maximum Gasteiger partial charge on any atom is 0.113 e. The van der Waals surface area contributed by atoms with E-state index >= 15 is 0 Å². The zero-order chi connectivity index (χ0) is 24.4. The van der Waals surface area contributed by atoms with Gasteiger partial charge < -0.3 is 10.2 Å². The van der Waals surface area contributed by atoms with Crippen molar-refractivity contribution in [1.82, 2.24) is 9.88 Å². The SMILES string of the molecule is CC[C@@]1(O)CCN(Cc2cc3c(s2)CCC(C#Cc2ccc(-c4ccc(Cl)cc4)cn2)=C3)C[C@@H]1O. The minimum atomic E-state index is -0.938. The Morgan fingerprint density at radius 1 is 1.14 bits per heavy atom. The summed E-state index contributed by atoms with van der Waals surface area (Å²) in [5.74, 6) is 6.54. The van der Waals surface area contributed by atoms with E-state index in [4.69, 9.17) is 11.6 Å². The van der Waals surface area contributed by atoms with Crippen molar-refractivity contribution in [1.29, 1.82) is 0 Å². The van der Waals surface area contributed by atoms with E-state index in [1.807, 2.05) is 60.9 Å². The summed E-state index contributed by atoms with van der Waals surface area (Å²) in [4.78, 5) is 9.47. The highest BCUT2D eigenvalue weighted by molar-refractivity contribution is 7.12. The van der Waals surface area contributed by atoms with Gasteiger partial charge in [-0.15, -0.1) is 11.3 Å². The fourth-order valence-electron chi connectivity index (χ4n) is 4.73. The third-order valence-corrected chi connectivity index (χ3v) is 8.49. The molecule has 1 aliphatic heterocycles. The molecule has 4 nitrogen and oxygen atoms in total.